The lowest BCUT2D eigenvalue weighted by atomic mass is 10.2. The van der Waals surface area contributed by atoms with Gasteiger partial charge in [0.1, 0.15) is 13.2 Å². The van der Waals surface area contributed by atoms with Gasteiger partial charge in [-0.3, -0.25) is 0 Å². The summed E-state index contributed by atoms with van der Waals surface area (Å²) in [4.78, 5) is 1.19. The summed E-state index contributed by atoms with van der Waals surface area (Å²) in [5.41, 5.74) is 0.815. The maximum atomic E-state index is 5.61. The van der Waals surface area contributed by atoms with Crippen LogP contribution >= 0.6 is 11.3 Å². The first-order valence-corrected chi connectivity index (χ1v) is 7.76. The molecule has 0 bridgehead atoms. The smallest absolute Gasteiger partial charge is 0.320 e. The van der Waals surface area contributed by atoms with Crippen molar-refractivity contribution in [1.82, 2.24) is 10.2 Å². The monoisotopic (exact) mass is 315 g/mol. The van der Waals surface area contributed by atoms with Crippen LogP contribution in [0.25, 0.3) is 0 Å². The number of aromatic nitrogens is 2. The molecule has 0 amide bonds. The summed E-state index contributed by atoms with van der Waals surface area (Å²) in [6.07, 6.45) is 0.646. The number of rotatable bonds is 4. The minimum Gasteiger partial charge on any atom is -0.486 e. The van der Waals surface area contributed by atoms with Gasteiger partial charge in [-0.2, -0.15) is 0 Å². The third kappa shape index (κ3) is 2.75. The van der Waals surface area contributed by atoms with E-state index in [0.29, 0.717) is 31.5 Å². The van der Waals surface area contributed by atoms with Crippen LogP contribution in [0.4, 0.5) is 11.7 Å². The van der Waals surface area contributed by atoms with Gasteiger partial charge in [-0.15, -0.1) is 16.4 Å². The summed E-state index contributed by atoms with van der Waals surface area (Å²) >= 11 is 1.67. The summed E-state index contributed by atoms with van der Waals surface area (Å²) in [6, 6.07) is 10.0. The van der Waals surface area contributed by atoms with Gasteiger partial charge in [0.05, 0.1) is 6.42 Å². The molecule has 1 aliphatic heterocycles. The Morgan fingerprint density at radius 3 is 2.86 bits per heavy atom. The third-order valence-corrected chi connectivity index (χ3v) is 4.04. The fraction of sp³-hybridized carbons (Fsp3) is 0.200. The van der Waals surface area contributed by atoms with E-state index in [1.807, 2.05) is 35.7 Å². The zero-order chi connectivity index (χ0) is 14.8. The zero-order valence-electron chi connectivity index (χ0n) is 11.6. The average Bonchev–Trinajstić information content (AvgIpc) is 3.20. The number of fused-ring (bicyclic) bond motifs is 1. The number of nitrogens with one attached hydrogen (secondary N) is 1. The topological polar surface area (TPSA) is 69.4 Å². The summed E-state index contributed by atoms with van der Waals surface area (Å²) < 4.78 is 16.6. The van der Waals surface area contributed by atoms with Crippen molar-refractivity contribution in [3.63, 3.8) is 0 Å². The maximum Gasteiger partial charge on any atom is 0.320 e. The molecule has 0 spiro atoms. The number of thiophene rings is 1. The average molecular weight is 315 g/mol. The molecule has 0 saturated carbocycles. The number of nitrogens with zero attached hydrogens (tertiary/aromatic N) is 2. The van der Waals surface area contributed by atoms with Crippen LogP contribution in [-0.4, -0.2) is 23.4 Å². The normalized spacial score (nSPS) is 13.1. The van der Waals surface area contributed by atoms with E-state index in [-0.39, 0.29) is 0 Å². The van der Waals surface area contributed by atoms with Crippen LogP contribution in [0, 0.1) is 0 Å². The minimum atomic E-state index is 0.364. The molecule has 2 aromatic heterocycles. The Bertz CT molecular complexity index is 770. The minimum absolute atomic E-state index is 0.364. The summed E-state index contributed by atoms with van der Waals surface area (Å²) in [7, 11) is 0. The Kier molecular flexibility index (Phi) is 3.40. The molecule has 7 heteroatoms. The second-order valence-electron chi connectivity index (χ2n) is 4.74. The SMILES string of the molecule is c1csc(Cc2nnc(Nc3ccc4c(c3)OCCO4)o2)c1. The predicted octanol–water partition coefficient (Wildman–Crippen LogP) is 3.24. The van der Waals surface area contributed by atoms with Crippen LogP contribution in [0.3, 0.4) is 0 Å². The number of hydrogen-bond acceptors (Lipinski definition) is 7. The maximum absolute atomic E-state index is 5.61. The van der Waals surface area contributed by atoms with E-state index in [0.717, 1.165) is 17.2 Å². The van der Waals surface area contributed by atoms with Gasteiger partial charge in [-0.1, -0.05) is 11.2 Å². The van der Waals surface area contributed by atoms with Crippen molar-refractivity contribution in [3.8, 4) is 11.5 Å². The van der Waals surface area contributed by atoms with Crippen molar-refractivity contribution in [2.24, 2.45) is 0 Å². The largest absolute Gasteiger partial charge is 0.486 e. The second kappa shape index (κ2) is 5.69. The van der Waals surface area contributed by atoms with Crippen LogP contribution in [-0.2, 0) is 6.42 Å². The van der Waals surface area contributed by atoms with E-state index in [4.69, 9.17) is 13.9 Å². The highest BCUT2D eigenvalue weighted by Crippen LogP contribution is 2.33. The van der Waals surface area contributed by atoms with Crippen LogP contribution in [0.2, 0.25) is 0 Å². The molecular formula is C15H13N3O3S. The highest BCUT2D eigenvalue weighted by atomic mass is 32.1. The van der Waals surface area contributed by atoms with E-state index < -0.39 is 0 Å². The molecule has 0 aliphatic carbocycles. The molecule has 0 unspecified atom stereocenters. The van der Waals surface area contributed by atoms with Crippen molar-refractivity contribution < 1.29 is 13.9 Å². The van der Waals surface area contributed by atoms with Gasteiger partial charge in [0.2, 0.25) is 5.89 Å². The van der Waals surface area contributed by atoms with E-state index >= 15 is 0 Å². The first kappa shape index (κ1) is 13.1. The first-order chi connectivity index (χ1) is 10.9. The number of anilines is 2. The molecule has 0 fully saturated rings. The first-order valence-electron chi connectivity index (χ1n) is 6.88. The Morgan fingerprint density at radius 2 is 2.00 bits per heavy atom. The van der Waals surface area contributed by atoms with E-state index in [2.05, 4.69) is 15.5 Å². The molecule has 0 radical (unpaired) electrons. The van der Waals surface area contributed by atoms with E-state index in [1.165, 1.54) is 4.88 Å². The molecule has 3 aromatic rings. The van der Waals surface area contributed by atoms with Crippen molar-refractivity contribution >= 4 is 23.0 Å². The summed E-state index contributed by atoms with van der Waals surface area (Å²) in [5.74, 6) is 2.05. The Labute approximate surface area is 130 Å². The van der Waals surface area contributed by atoms with Crippen molar-refractivity contribution in [2.45, 2.75) is 6.42 Å². The van der Waals surface area contributed by atoms with Gasteiger partial charge in [0, 0.05) is 16.6 Å². The van der Waals surface area contributed by atoms with E-state index in [1.54, 1.807) is 11.3 Å². The van der Waals surface area contributed by atoms with Gasteiger partial charge in [0.15, 0.2) is 11.5 Å². The summed E-state index contributed by atoms with van der Waals surface area (Å²) in [6.45, 7) is 1.14. The van der Waals surface area contributed by atoms with Gasteiger partial charge in [-0.25, -0.2) is 0 Å². The molecule has 112 valence electrons. The van der Waals surface area contributed by atoms with Crippen molar-refractivity contribution in [1.29, 1.82) is 0 Å². The van der Waals surface area contributed by atoms with Crippen molar-refractivity contribution in [2.75, 3.05) is 18.5 Å². The van der Waals surface area contributed by atoms with Gasteiger partial charge >= 0.3 is 6.01 Å². The highest BCUT2D eigenvalue weighted by Gasteiger charge is 2.13. The molecule has 22 heavy (non-hydrogen) atoms. The van der Waals surface area contributed by atoms with Crippen LogP contribution in [0.15, 0.2) is 40.1 Å². The number of benzene rings is 1. The quantitative estimate of drug-likeness (QED) is 0.797. The predicted molar refractivity (Wildman–Crippen MR) is 82.1 cm³/mol. The van der Waals surface area contributed by atoms with Gasteiger partial charge in [-0.05, 0) is 23.6 Å². The van der Waals surface area contributed by atoms with E-state index in [9.17, 15) is 0 Å². The third-order valence-electron chi connectivity index (χ3n) is 3.17. The molecular weight excluding hydrogens is 302 g/mol. The Balaban J connectivity index is 1.48. The number of hydrogen-bond donors (Lipinski definition) is 1. The molecule has 6 nitrogen and oxygen atoms in total. The molecule has 1 aliphatic rings. The van der Waals surface area contributed by atoms with Crippen LogP contribution < -0.4 is 14.8 Å². The lowest BCUT2D eigenvalue weighted by Gasteiger charge is -2.18. The second-order valence-corrected chi connectivity index (χ2v) is 5.77. The van der Waals surface area contributed by atoms with Gasteiger partial charge < -0.3 is 19.2 Å². The lowest BCUT2D eigenvalue weighted by molar-refractivity contribution is 0.171. The summed E-state index contributed by atoms with van der Waals surface area (Å²) in [5, 5.41) is 13.2. The fourth-order valence-electron chi connectivity index (χ4n) is 2.18. The molecule has 4 rings (SSSR count). The van der Waals surface area contributed by atoms with Crippen molar-refractivity contribution in [3.05, 3.63) is 46.5 Å². The standard InChI is InChI=1S/C15H13N3O3S/c1-2-11(22-7-1)9-14-17-18-15(21-14)16-10-3-4-12-13(8-10)20-6-5-19-12/h1-4,7-8H,5-6,9H2,(H,16,18). The molecule has 0 atom stereocenters. The lowest BCUT2D eigenvalue weighted by Crippen LogP contribution is -2.15. The highest BCUT2D eigenvalue weighted by molar-refractivity contribution is 7.09. The van der Waals surface area contributed by atoms with Gasteiger partial charge in [0.25, 0.3) is 0 Å². The molecule has 1 aromatic carbocycles. The molecule has 0 saturated heterocycles. The molecule has 3 heterocycles. The van der Waals surface area contributed by atoms with Crippen LogP contribution in [0.5, 0.6) is 11.5 Å². The zero-order valence-corrected chi connectivity index (χ0v) is 12.4. The molecule has 1 N–H and O–H groups in total. The Morgan fingerprint density at radius 1 is 1.09 bits per heavy atom. The van der Waals surface area contributed by atoms with Crippen LogP contribution in [0.1, 0.15) is 10.8 Å². The Hall–Kier alpha value is -2.54. The fourth-order valence-corrected chi connectivity index (χ4v) is 2.88. The number of ether oxygens (including phenoxy) is 2.